The van der Waals surface area contributed by atoms with Crippen molar-refractivity contribution in [3.8, 4) is 17.2 Å². The molecular weight excluding hydrogens is 332 g/mol. The van der Waals surface area contributed by atoms with E-state index < -0.39 is 0 Å². The van der Waals surface area contributed by atoms with E-state index in [9.17, 15) is 4.79 Å². The van der Waals surface area contributed by atoms with Crippen LogP contribution in [0.15, 0.2) is 47.6 Å². The Balaban J connectivity index is 1.51. The van der Waals surface area contributed by atoms with E-state index in [1.165, 1.54) is 0 Å². The number of benzene rings is 2. The number of rotatable bonds is 7. The Morgan fingerprint density at radius 3 is 2.73 bits per heavy atom. The van der Waals surface area contributed by atoms with Crippen molar-refractivity contribution in [3.63, 3.8) is 0 Å². The molecule has 26 heavy (non-hydrogen) atoms. The summed E-state index contributed by atoms with van der Waals surface area (Å²) in [6.07, 6.45) is 2.61. The number of ether oxygens (including phenoxy) is 3. The maximum atomic E-state index is 12.1. The molecule has 1 amide bonds. The van der Waals surface area contributed by atoms with Gasteiger partial charge in [0.25, 0.3) is 5.91 Å². The molecule has 0 aliphatic carbocycles. The second-order valence-electron chi connectivity index (χ2n) is 6.37. The van der Waals surface area contributed by atoms with Gasteiger partial charge in [-0.1, -0.05) is 13.8 Å². The van der Waals surface area contributed by atoms with Gasteiger partial charge in [-0.2, -0.15) is 5.10 Å². The quantitative estimate of drug-likeness (QED) is 0.609. The minimum absolute atomic E-state index is 0.176. The molecule has 1 N–H and O–H groups in total. The lowest BCUT2D eigenvalue weighted by molar-refractivity contribution is 0.0954. The molecule has 2 aromatic carbocycles. The standard InChI is InChI=1S/C20H22N2O4/c1-14(2)9-10-24-17-6-3-15(4-7-17)12-21-22-20(23)16-5-8-18-19(11-16)26-13-25-18/h3-8,11-12,14H,9-10,13H2,1-2H3,(H,22,23). The monoisotopic (exact) mass is 354 g/mol. The van der Waals surface area contributed by atoms with Gasteiger partial charge in [-0.15, -0.1) is 0 Å². The largest absolute Gasteiger partial charge is 0.494 e. The number of nitrogens with one attached hydrogen (secondary N) is 1. The van der Waals surface area contributed by atoms with Crippen molar-refractivity contribution in [2.45, 2.75) is 20.3 Å². The molecule has 0 saturated carbocycles. The third kappa shape index (κ3) is 4.75. The Morgan fingerprint density at radius 2 is 1.96 bits per heavy atom. The molecule has 0 bridgehead atoms. The summed E-state index contributed by atoms with van der Waals surface area (Å²) in [5, 5.41) is 3.99. The van der Waals surface area contributed by atoms with Crippen molar-refractivity contribution in [2.24, 2.45) is 11.0 Å². The summed E-state index contributed by atoms with van der Waals surface area (Å²) in [5.41, 5.74) is 3.83. The number of nitrogens with zero attached hydrogens (tertiary/aromatic N) is 1. The second-order valence-corrected chi connectivity index (χ2v) is 6.37. The van der Waals surface area contributed by atoms with Gasteiger partial charge in [0.2, 0.25) is 6.79 Å². The minimum atomic E-state index is -0.312. The van der Waals surface area contributed by atoms with Crippen LogP contribution in [0.4, 0.5) is 0 Å². The van der Waals surface area contributed by atoms with Crippen LogP contribution in [-0.4, -0.2) is 25.5 Å². The van der Waals surface area contributed by atoms with Gasteiger partial charge in [-0.3, -0.25) is 4.79 Å². The zero-order chi connectivity index (χ0) is 18.4. The molecule has 0 atom stereocenters. The fourth-order valence-electron chi connectivity index (χ4n) is 2.33. The summed E-state index contributed by atoms with van der Waals surface area (Å²) < 4.78 is 16.2. The van der Waals surface area contributed by atoms with Crippen LogP contribution in [0.3, 0.4) is 0 Å². The lowest BCUT2D eigenvalue weighted by atomic mass is 10.1. The average Bonchev–Trinajstić information content (AvgIpc) is 3.10. The van der Waals surface area contributed by atoms with Crippen LogP contribution in [0.5, 0.6) is 17.2 Å². The number of carbonyl (C=O) groups excluding carboxylic acids is 1. The predicted molar refractivity (Wildman–Crippen MR) is 99.0 cm³/mol. The molecule has 1 heterocycles. The highest BCUT2D eigenvalue weighted by Gasteiger charge is 2.15. The maximum Gasteiger partial charge on any atom is 0.271 e. The number of carbonyl (C=O) groups is 1. The first-order chi connectivity index (χ1) is 12.6. The minimum Gasteiger partial charge on any atom is -0.494 e. The zero-order valence-corrected chi connectivity index (χ0v) is 14.9. The van der Waals surface area contributed by atoms with Gasteiger partial charge < -0.3 is 14.2 Å². The van der Waals surface area contributed by atoms with Gasteiger partial charge in [0, 0.05) is 5.56 Å². The van der Waals surface area contributed by atoms with Crippen molar-refractivity contribution in [1.29, 1.82) is 0 Å². The van der Waals surface area contributed by atoms with Crippen molar-refractivity contribution >= 4 is 12.1 Å². The van der Waals surface area contributed by atoms with Crippen molar-refractivity contribution in [2.75, 3.05) is 13.4 Å². The number of hydrogen-bond acceptors (Lipinski definition) is 5. The fraction of sp³-hybridized carbons (Fsp3) is 0.300. The van der Waals surface area contributed by atoms with E-state index in [1.54, 1.807) is 24.4 Å². The van der Waals surface area contributed by atoms with E-state index in [2.05, 4.69) is 24.4 Å². The van der Waals surface area contributed by atoms with Crippen LogP contribution in [-0.2, 0) is 0 Å². The van der Waals surface area contributed by atoms with Crippen LogP contribution in [0.25, 0.3) is 0 Å². The van der Waals surface area contributed by atoms with Gasteiger partial charge in [0.05, 0.1) is 12.8 Å². The smallest absolute Gasteiger partial charge is 0.271 e. The van der Waals surface area contributed by atoms with E-state index in [1.807, 2.05) is 24.3 Å². The molecular formula is C20H22N2O4. The van der Waals surface area contributed by atoms with Crippen LogP contribution in [0, 0.1) is 5.92 Å². The average molecular weight is 354 g/mol. The highest BCUT2D eigenvalue weighted by atomic mass is 16.7. The van der Waals surface area contributed by atoms with Crippen LogP contribution < -0.4 is 19.6 Å². The first-order valence-electron chi connectivity index (χ1n) is 8.58. The molecule has 6 nitrogen and oxygen atoms in total. The summed E-state index contributed by atoms with van der Waals surface area (Å²) in [6.45, 7) is 5.22. The van der Waals surface area contributed by atoms with Crippen LogP contribution >= 0.6 is 0 Å². The van der Waals surface area contributed by atoms with Gasteiger partial charge in [0.1, 0.15) is 5.75 Å². The summed E-state index contributed by atoms with van der Waals surface area (Å²) in [4.78, 5) is 12.1. The number of fused-ring (bicyclic) bond motifs is 1. The van der Waals surface area contributed by atoms with Gasteiger partial charge in [-0.05, 0) is 60.4 Å². The molecule has 6 heteroatoms. The maximum absolute atomic E-state index is 12.1. The topological polar surface area (TPSA) is 69.2 Å². The molecule has 136 valence electrons. The Bertz CT molecular complexity index is 785. The molecule has 0 spiro atoms. The molecule has 0 unspecified atom stereocenters. The summed E-state index contributed by atoms with van der Waals surface area (Å²) in [7, 11) is 0. The van der Waals surface area contributed by atoms with Gasteiger partial charge >= 0.3 is 0 Å². The predicted octanol–water partition coefficient (Wildman–Crippen LogP) is 3.60. The van der Waals surface area contributed by atoms with E-state index in [0.29, 0.717) is 29.6 Å². The molecule has 1 aliphatic heterocycles. The lowest BCUT2D eigenvalue weighted by Gasteiger charge is -2.07. The summed E-state index contributed by atoms with van der Waals surface area (Å²) >= 11 is 0. The molecule has 0 fully saturated rings. The van der Waals surface area contributed by atoms with Crippen LogP contribution in [0.2, 0.25) is 0 Å². The first kappa shape index (κ1) is 17.8. The number of amides is 1. The van der Waals surface area contributed by atoms with Crippen molar-refractivity contribution in [3.05, 3.63) is 53.6 Å². The third-order valence-electron chi connectivity index (χ3n) is 3.86. The number of hydrogen-bond donors (Lipinski definition) is 1. The fourth-order valence-corrected chi connectivity index (χ4v) is 2.33. The Kier molecular flexibility index (Phi) is 5.73. The SMILES string of the molecule is CC(C)CCOc1ccc(C=NNC(=O)c2ccc3c(c2)OCO3)cc1. The van der Waals surface area contributed by atoms with Crippen molar-refractivity contribution in [1.82, 2.24) is 5.43 Å². The summed E-state index contributed by atoms with van der Waals surface area (Å²) in [5.74, 6) is 2.34. The Hall–Kier alpha value is -3.02. The molecule has 3 rings (SSSR count). The van der Waals surface area contributed by atoms with E-state index in [0.717, 1.165) is 17.7 Å². The van der Waals surface area contributed by atoms with Crippen molar-refractivity contribution < 1.29 is 19.0 Å². The van der Waals surface area contributed by atoms with E-state index in [-0.39, 0.29) is 12.7 Å². The van der Waals surface area contributed by atoms with E-state index >= 15 is 0 Å². The molecule has 0 radical (unpaired) electrons. The van der Waals surface area contributed by atoms with Gasteiger partial charge in [0.15, 0.2) is 11.5 Å². The van der Waals surface area contributed by atoms with Crippen LogP contribution in [0.1, 0.15) is 36.2 Å². The third-order valence-corrected chi connectivity index (χ3v) is 3.86. The molecule has 0 saturated heterocycles. The normalized spacial score (nSPS) is 12.6. The highest BCUT2D eigenvalue weighted by Crippen LogP contribution is 2.32. The highest BCUT2D eigenvalue weighted by molar-refractivity contribution is 5.95. The zero-order valence-electron chi connectivity index (χ0n) is 14.9. The molecule has 1 aliphatic rings. The number of hydrazone groups is 1. The van der Waals surface area contributed by atoms with Gasteiger partial charge in [-0.25, -0.2) is 5.43 Å². The first-order valence-corrected chi connectivity index (χ1v) is 8.58. The Labute approximate surface area is 152 Å². The van der Waals surface area contributed by atoms with E-state index in [4.69, 9.17) is 14.2 Å². The lowest BCUT2D eigenvalue weighted by Crippen LogP contribution is -2.17. The summed E-state index contributed by atoms with van der Waals surface area (Å²) in [6, 6.07) is 12.6. The molecule has 2 aromatic rings. The molecule has 0 aromatic heterocycles. The second kappa shape index (κ2) is 8.38. The Morgan fingerprint density at radius 1 is 1.19 bits per heavy atom.